The van der Waals surface area contributed by atoms with Gasteiger partial charge in [0, 0.05) is 5.38 Å². The minimum absolute atomic E-state index is 0.399. The number of aryl methyl sites for hydroxylation is 2. The Morgan fingerprint density at radius 2 is 2.24 bits per heavy atom. The van der Waals surface area contributed by atoms with Gasteiger partial charge in [-0.2, -0.15) is 0 Å². The van der Waals surface area contributed by atoms with E-state index in [1.807, 2.05) is 31.4 Å². The van der Waals surface area contributed by atoms with Gasteiger partial charge in [-0.25, -0.2) is 4.98 Å². The lowest BCUT2D eigenvalue weighted by Crippen LogP contribution is -2.00. The fourth-order valence-electron chi connectivity index (χ4n) is 1.59. The third-order valence-corrected chi connectivity index (χ3v) is 3.22. The van der Waals surface area contributed by atoms with Gasteiger partial charge in [0.25, 0.3) is 0 Å². The van der Waals surface area contributed by atoms with Crippen LogP contribution in [0.25, 0.3) is 0 Å². The predicted molar refractivity (Wildman–Crippen MR) is 67.7 cm³/mol. The van der Waals surface area contributed by atoms with Crippen molar-refractivity contribution < 1.29 is 9.53 Å². The molecule has 17 heavy (non-hydrogen) atoms. The minimum atomic E-state index is 0.399. The van der Waals surface area contributed by atoms with E-state index in [2.05, 4.69) is 4.98 Å². The summed E-state index contributed by atoms with van der Waals surface area (Å²) in [5, 5.41) is 2.98. The molecule has 1 heterocycles. The van der Waals surface area contributed by atoms with Crippen LogP contribution >= 0.6 is 11.3 Å². The number of nitrogens with zero attached hydrogens (tertiary/aromatic N) is 1. The summed E-state index contributed by atoms with van der Waals surface area (Å²) in [6.07, 6.45) is 0.814. The molecule has 0 saturated carbocycles. The highest BCUT2D eigenvalue weighted by atomic mass is 32.1. The van der Waals surface area contributed by atoms with Gasteiger partial charge in [-0.3, -0.25) is 4.79 Å². The molecule has 2 aromatic rings. The number of benzene rings is 1. The number of thiazole rings is 1. The standard InChI is InChI=1S/C13H13NO2S/c1-9-4-3-5-11(6-15)13(9)16-7-12-8-17-10(2)14-12/h3-6,8H,7H2,1-2H3. The molecule has 0 aliphatic rings. The average Bonchev–Trinajstić information content (AvgIpc) is 2.73. The maximum atomic E-state index is 10.9. The van der Waals surface area contributed by atoms with Crippen molar-refractivity contribution in [2.24, 2.45) is 0 Å². The number of para-hydroxylation sites is 1. The molecule has 0 fully saturated rings. The normalized spacial score (nSPS) is 10.2. The van der Waals surface area contributed by atoms with E-state index in [1.165, 1.54) is 0 Å². The summed E-state index contributed by atoms with van der Waals surface area (Å²) in [7, 11) is 0. The first-order valence-electron chi connectivity index (χ1n) is 5.29. The van der Waals surface area contributed by atoms with Crippen LogP contribution in [0, 0.1) is 13.8 Å². The van der Waals surface area contributed by atoms with E-state index >= 15 is 0 Å². The Morgan fingerprint density at radius 3 is 2.88 bits per heavy atom. The predicted octanol–water partition coefficient (Wildman–Crippen LogP) is 3.15. The SMILES string of the molecule is Cc1nc(COc2c(C)cccc2C=O)cs1. The van der Waals surface area contributed by atoms with Crippen molar-refractivity contribution in [2.45, 2.75) is 20.5 Å². The van der Waals surface area contributed by atoms with Crippen molar-refractivity contribution in [1.29, 1.82) is 0 Å². The summed E-state index contributed by atoms with van der Waals surface area (Å²) in [5.74, 6) is 0.646. The Balaban J connectivity index is 2.16. The quantitative estimate of drug-likeness (QED) is 0.779. The van der Waals surface area contributed by atoms with Crippen LogP contribution in [-0.2, 0) is 6.61 Å². The van der Waals surface area contributed by atoms with Crippen molar-refractivity contribution in [2.75, 3.05) is 0 Å². The number of aromatic nitrogens is 1. The number of hydrogen-bond acceptors (Lipinski definition) is 4. The van der Waals surface area contributed by atoms with Crippen LogP contribution in [0.1, 0.15) is 26.6 Å². The third kappa shape index (κ3) is 2.71. The van der Waals surface area contributed by atoms with Crippen molar-refractivity contribution >= 4 is 17.6 Å². The van der Waals surface area contributed by atoms with Crippen molar-refractivity contribution in [1.82, 2.24) is 4.98 Å². The van der Waals surface area contributed by atoms with Gasteiger partial charge in [0.15, 0.2) is 6.29 Å². The van der Waals surface area contributed by atoms with E-state index < -0.39 is 0 Å². The van der Waals surface area contributed by atoms with Gasteiger partial charge in [-0.15, -0.1) is 11.3 Å². The number of ether oxygens (including phenoxy) is 1. The number of aldehydes is 1. The highest BCUT2D eigenvalue weighted by molar-refractivity contribution is 7.09. The van der Waals surface area contributed by atoms with Crippen molar-refractivity contribution in [3.05, 3.63) is 45.4 Å². The largest absolute Gasteiger partial charge is 0.486 e. The minimum Gasteiger partial charge on any atom is -0.486 e. The number of hydrogen-bond donors (Lipinski definition) is 0. The van der Waals surface area contributed by atoms with Crippen LogP contribution in [0.2, 0.25) is 0 Å². The molecular formula is C13H13NO2S. The maximum absolute atomic E-state index is 10.9. The zero-order valence-electron chi connectivity index (χ0n) is 9.77. The van der Waals surface area contributed by atoms with E-state index in [-0.39, 0.29) is 0 Å². The van der Waals surface area contributed by atoms with E-state index in [4.69, 9.17) is 4.74 Å². The van der Waals surface area contributed by atoms with Crippen LogP contribution in [0.4, 0.5) is 0 Å². The van der Waals surface area contributed by atoms with Crippen LogP contribution in [0.3, 0.4) is 0 Å². The van der Waals surface area contributed by atoms with E-state index in [0.717, 1.165) is 22.6 Å². The molecule has 0 saturated heterocycles. The second-order valence-electron chi connectivity index (χ2n) is 3.76. The van der Waals surface area contributed by atoms with Crippen molar-refractivity contribution in [3.8, 4) is 5.75 Å². The monoisotopic (exact) mass is 247 g/mol. The Kier molecular flexibility index (Phi) is 3.54. The smallest absolute Gasteiger partial charge is 0.153 e. The fourth-order valence-corrected chi connectivity index (χ4v) is 2.18. The highest BCUT2D eigenvalue weighted by Crippen LogP contribution is 2.23. The van der Waals surface area contributed by atoms with Gasteiger partial charge in [-0.05, 0) is 25.5 Å². The summed E-state index contributed by atoms with van der Waals surface area (Å²) in [4.78, 5) is 15.2. The lowest BCUT2D eigenvalue weighted by Gasteiger charge is -2.09. The molecule has 0 N–H and O–H groups in total. The lowest BCUT2D eigenvalue weighted by atomic mass is 10.1. The molecule has 2 rings (SSSR count). The molecule has 0 unspecified atom stereocenters. The first-order valence-corrected chi connectivity index (χ1v) is 6.17. The van der Waals surface area contributed by atoms with Gasteiger partial charge < -0.3 is 4.74 Å². The first-order chi connectivity index (χ1) is 8.20. The van der Waals surface area contributed by atoms with E-state index in [9.17, 15) is 4.79 Å². The molecule has 1 aromatic heterocycles. The number of carbonyl (C=O) groups excluding carboxylic acids is 1. The number of rotatable bonds is 4. The Hall–Kier alpha value is -1.68. The van der Waals surface area contributed by atoms with Gasteiger partial charge in [-0.1, -0.05) is 12.1 Å². The van der Waals surface area contributed by atoms with E-state index in [0.29, 0.717) is 17.9 Å². The Bertz CT molecular complexity index is 534. The van der Waals surface area contributed by atoms with Crippen LogP contribution in [0.15, 0.2) is 23.6 Å². The molecule has 3 nitrogen and oxygen atoms in total. The molecule has 0 aliphatic heterocycles. The molecule has 0 spiro atoms. The second-order valence-corrected chi connectivity index (χ2v) is 4.82. The van der Waals surface area contributed by atoms with Gasteiger partial charge in [0.2, 0.25) is 0 Å². The van der Waals surface area contributed by atoms with Gasteiger partial charge in [0.05, 0.1) is 16.3 Å². The first kappa shape index (κ1) is 11.8. The van der Waals surface area contributed by atoms with Gasteiger partial charge in [0.1, 0.15) is 12.4 Å². The zero-order valence-corrected chi connectivity index (χ0v) is 10.6. The number of carbonyl (C=O) groups is 1. The van der Waals surface area contributed by atoms with Gasteiger partial charge >= 0.3 is 0 Å². The summed E-state index contributed by atoms with van der Waals surface area (Å²) < 4.78 is 5.67. The molecule has 1 aromatic carbocycles. The summed E-state index contributed by atoms with van der Waals surface area (Å²) in [6.45, 7) is 4.28. The van der Waals surface area contributed by atoms with Crippen molar-refractivity contribution in [3.63, 3.8) is 0 Å². The molecule has 4 heteroatoms. The van der Waals surface area contributed by atoms with Crippen LogP contribution in [-0.4, -0.2) is 11.3 Å². The Labute approximate surface area is 104 Å². The lowest BCUT2D eigenvalue weighted by molar-refractivity contribution is 0.111. The molecular weight excluding hydrogens is 234 g/mol. The molecule has 0 atom stereocenters. The summed E-state index contributed by atoms with van der Waals surface area (Å²) >= 11 is 1.59. The summed E-state index contributed by atoms with van der Waals surface area (Å²) in [5.41, 5.74) is 2.44. The molecule has 0 amide bonds. The third-order valence-electron chi connectivity index (χ3n) is 2.40. The highest BCUT2D eigenvalue weighted by Gasteiger charge is 2.07. The average molecular weight is 247 g/mol. The van der Waals surface area contributed by atoms with Crippen LogP contribution in [0.5, 0.6) is 5.75 Å². The fraction of sp³-hybridized carbons (Fsp3) is 0.231. The molecule has 0 radical (unpaired) electrons. The van der Waals surface area contributed by atoms with E-state index in [1.54, 1.807) is 17.4 Å². The molecule has 0 aliphatic carbocycles. The topological polar surface area (TPSA) is 39.2 Å². The molecule has 88 valence electrons. The zero-order chi connectivity index (χ0) is 12.3. The second kappa shape index (κ2) is 5.10. The maximum Gasteiger partial charge on any atom is 0.153 e. The summed E-state index contributed by atoms with van der Waals surface area (Å²) in [6, 6.07) is 5.52. The Morgan fingerprint density at radius 1 is 1.41 bits per heavy atom. The van der Waals surface area contributed by atoms with Crippen LogP contribution < -0.4 is 4.74 Å². The molecule has 0 bridgehead atoms.